The highest BCUT2D eigenvalue weighted by Gasteiger charge is 2.08. The lowest BCUT2D eigenvalue weighted by molar-refractivity contribution is 0.0949. The van der Waals surface area contributed by atoms with Crippen molar-refractivity contribution in [2.75, 3.05) is 38.0 Å². The molecule has 0 aliphatic heterocycles. The Morgan fingerprint density at radius 2 is 1.83 bits per heavy atom. The largest absolute Gasteiger partial charge is 0.497 e. The third kappa shape index (κ3) is 5.72. The number of amides is 1. The second-order valence-corrected chi connectivity index (χ2v) is 6.85. The van der Waals surface area contributed by atoms with E-state index in [0.717, 1.165) is 34.8 Å². The Balaban J connectivity index is 1.57. The fourth-order valence-corrected chi connectivity index (χ4v) is 2.88. The maximum Gasteiger partial charge on any atom is 0.269 e. The van der Waals surface area contributed by atoms with Crippen LogP contribution >= 0.6 is 0 Å². The van der Waals surface area contributed by atoms with Crippen molar-refractivity contribution in [3.8, 4) is 5.75 Å². The lowest BCUT2D eigenvalue weighted by Crippen LogP contribution is -2.26. The molecule has 6 nitrogen and oxygen atoms in total. The molecule has 0 unspecified atom stereocenters. The van der Waals surface area contributed by atoms with E-state index < -0.39 is 0 Å². The van der Waals surface area contributed by atoms with Gasteiger partial charge in [-0.05, 0) is 60.5 Å². The van der Waals surface area contributed by atoms with Crippen LogP contribution in [0.5, 0.6) is 5.75 Å². The van der Waals surface area contributed by atoms with Crippen LogP contribution in [0.1, 0.15) is 16.1 Å². The molecule has 0 bridgehead atoms. The summed E-state index contributed by atoms with van der Waals surface area (Å²) in [7, 11) is 5.65. The van der Waals surface area contributed by atoms with Crippen LogP contribution in [0.15, 0.2) is 66.9 Å². The van der Waals surface area contributed by atoms with E-state index in [-0.39, 0.29) is 5.91 Å². The molecule has 0 spiro atoms. The number of hydrogen-bond acceptors (Lipinski definition) is 5. The molecular formula is C23H26N4O2. The number of pyridine rings is 1. The molecule has 3 rings (SSSR count). The number of hydrogen-bond donors (Lipinski definition) is 2. The SMILES string of the molecule is COc1cccc(CCNC(=O)c2cc(Nc3ccc(N(C)C)cc3)ccn2)c1. The fraction of sp³-hybridized carbons (Fsp3) is 0.217. The molecule has 1 amide bonds. The maximum absolute atomic E-state index is 12.5. The summed E-state index contributed by atoms with van der Waals surface area (Å²) in [6.45, 7) is 0.525. The van der Waals surface area contributed by atoms with Crippen molar-refractivity contribution in [1.29, 1.82) is 0 Å². The highest BCUT2D eigenvalue weighted by atomic mass is 16.5. The van der Waals surface area contributed by atoms with Crippen LogP contribution in [-0.4, -0.2) is 38.6 Å². The van der Waals surface area contributed by atoms with E-state index in [0.29, 0.717) is 12.2 Å². The van der Waals surface area contributed by atoms with Crippen LogP contribution in [0.3, 0.4) is 0 Å². The summed E-state index contributed by atoms with van der Waals surface area (Å²) < 4.78 is 5.23. The van der Waals surface area contributed by atoms with Crippen molar-refractivity contribution in [3.05, 3.63) is 78.1 Å². The molecule has 2 N–H and O–H groups in total. The highest BCUT2D eigenvalue weighted by Crippen LogP contribution is 2.20. The van der Waals surface area contributed by atoms with Crippen LogP contribution in [0, 0.1) is 0 Å². The predicted molar refractivity (Wildman–Crippen MR) is 117 cm³/mol. The summed E-state index contributed by atoms with van der Waals surface area (Å²) in [5.74, 6) is 0.618. The predicted octanol–water partition coefficient (Wildman–Crippen LogP) is 3.87. The summed E-state index contributed by atoms with van der Waals surface area (Å²) in [4.78, 5) is 18.7. The summed E-state index contributed by atoms with van der Waals surface area (Å²) in [6.07, 6.45) is 2.35. The minimum absolute atomic E-state index is 0.195. The zero-order valence-corrected chi connectivity index (χ0v) is 17.0. The summed E-state index contributed by atoms with van der Waals surface area (Å²) >= 11 is 0. The molecule has 1 heterocycles. The van der Waals surface area contributed by atoms with Crippen LogP contribution in [-0.2, 0) is 6.42 Å². The van der Waals surface area contributed by atoms with Gasteiger partial charge in [0.05, 0.1) is 7.11 Å². The monoisotopic (exact) mass is 390 g/mol. The molecule has 1 aromatic heterocycles. The number of carbonyl (C=O) groups is 1. The molecule has 0 fully saturated rings. The first-order chi connectivity index (χ1) is 14.0. The van der Waals surface area contributed by atoms with Gasteiger partial charge in [0.1, 0.15) is 11.4 Å². The van der Waals surface area contributed by atoms with Gasteiger partial charge in [0.15, 0.2) is 0 Å². The number of ether oxygens (including phenoxy) is 1. The Morgan fingerprint density at radius 1 is 1.03 bits per heavy atom. The average molecular weight is 390 g/mol. The summed E-state index contributed by atoms with van der Waals surface area (Å²) in [5.41, 5.74) is 4.38. The molecule has 150 valence electrons. The molecule has 2 aromatic carbocycles. The quantitative estimate of drug-likeness (QED) is 0.611. The molecule has 29 heavy (non-hydrogen) atoms. The van der Waals surface area contributed by atoms with E-state index >= 15 is 0 Å². The zero-order valence-electron chi connectivity index (χ0n) is 17.0. The van der Waals surface area contributed by atoms with Gasteiger partial charge in [-0.1, -0.05) is 12.1 Å². The number of rotatable bonds is 8. The normalized spacial score (nSPS) is 10.3. The minimum atomic E-state index is -0.195. The number of nitrogens with zero attached hydrogens (tertiary/aromatic N) is 2. The Kier molecular flexibility index (Phi) is 6.68. The van der Waals surface area contributed by atoms with Crippen LogP contribution < -0.4 is 20.3 Å². The van der Waals surface area contributed by atoms with Crippen LogP contribution in [0.4, 0.5) is 17.1 Å². The van der Waals surface area contributed by atoms with Crippen LogP contribution in [0.25, 0.3) is 0 Å². The van der Waals surface area contributed by atoms with Gasteiger partial charge in [-0.2, -0.15) is 0 Å². The highest BCUT2D eigenvalue weighted by molar-refractivity contribution is 5.93. The number of benzene rings is 2. The van der Waals surface area contributed by atoms with Gasteiger partial charge in [-0.25, -0.2) is 0 Å². The van der Waals surface area contributed by atoms with Crippen molar-refractivity contribution in [3.63, 3.8) is 0 Å². The number of anilines is 3. The first-order valence-corrected chi connectivity index (χ1v) is 9.47. The number of nitrogens with one attached hydrogen (secondary N) is 2. The molecule has 0 aliphatic carbocycles. The van der Waals surface area contributed by atoms with E-state index in [1.807, 2.05) is 73.6 Å². The molecular weight excluding hydrogens is 364 g/mol. The Morgan fingerprint density at radius 3 is 2.55 bits per heavy atom. The van der Waals surface area contributed by atoms with Gasteiger partial charge in [-0.15, -0.1) is 0 Å². The van der Waals surface area contributed by atoms with Crippen molar-refractivity contribution < 1.29 is 9.53 Å². The molecule has 0 saturated heterocycles. The van der Waals surface area contributed by atoms with Crippen molar-refractivity contribution >= 4 is 23.0 Å². The molecule has 0 radical (unpaired) electrons. The average Bonchev–Trinajstić information content (AvgIpc) is 2.74. The smallest absolute Gasteiger partial charge is 0.269 e. The van der Waals surface area contributed by atoms with Gasteiger partial charge in [0, 0.05) is 43.9 Å². The van der Waals surface area contributed by atoms with Crippen molar-refractivity contribution in [2.24, 2.45) is 0 Å². The standard InChI is InChI=1S/C23H26N4O2/c1-27(2)20-9-7-18(8-10-20)26-19-12-14-24-22(16-19)23(28)25-13-11-17-5-4-6-21(15-17)29-3/h4-10,12,14-16H,11,13H2,1-3H3,(H,24,26)(H,25,28). The number of methoxy groups -OCH3 is 1. The summed E-state index contributed by atoms with van der Waals surface area (Å²) in [5, 5.41) is 6.23. The third-order valence-corrected chi connectivity index (χ3v) is 4.50. The second-order valence-electron chi connectivity index (χ2n) is 6.85. The topological polar surface area (TPSA) is 66.5 Å². The van der Waals surface area contributed by atoms with Gasteiger partial charge >= 0.3 is 0 Å². The van der Waals surface area contributed by atoms with E-state index in [4.69, 9.17) is 4.74 Å². The van der Waals surface area contributed by atoms with Crippen molar-refractivity contribution in [1.82, 2.24) is 10.3 Å². The maximum atomic E-state index is 12.5. The van der Waals surface area contributed by atoms with E-state index in [1.165, 1.54) is 0 Å². The zero-order chi connectivity index (χ0) is 20.6. The number of carbonyl (C=O) groups excluding carboxylic acids is 1. The molecule has 3 aromatic rings. The third-order valence-electron chi connectivity index (χ3n) is 4.50. The van der Waals surface area contributed by atoms with E-state index in [2.05, 4.69) is 15.6 Å². The van der Waals surface area contributed by atoms with Crippen LogP contribution in [0.2, 0.25) is 0 Å². The first kappa shape index (κ1) is 20.2. The Bertz CT molecular complexity index is 955. The van der Waals surface area contributed by atoms with Crippen molar-refractivity contribution in [2.45, 2.75) is 6.42 Å². The van der Waals surface area contributed by atoms with E-state index in [1.54, 1.807) is 19.4 Å². The molecule has 0 saturated carbocycles. The Hall–Kier alpha value is -3.54. The van der Waals surface area contributed by atoms with E-state index in [9.17, 15) is 4.79 Å². The van der Waals surface area contributed by atoms with Gasteiger partial charge < -0.3 is 20.3 Å². The minimum Gasteiger partial charge on any atom is -0.497 e. The lowest BCUT2D eigenvalue weighted by atomic mass is 10.1. The van der Waals surface area contributed by atoms with Gasteiger partial charge in [0.25, 0.3) is 5.91 Å². The lowest BCUT2D eigenvalue weighted by Gasteiger charge is -2.13. The number of aromatic nitrogens is 1. The molecule has 0 aliphatic rings. The fourth-order valence-electron chi connectivity index (χ4n) is 2.88. The second kappa shape index (κ2) is 9.59. The first-order valence-electron chi connectivity index (χ1n) is 9.47. The Labute approximate surface area is 171 Å². The van der Waals surface area contributed by atoms with Gasteiger partial charge in [0.2, 0.25) is 0 Å². The van der Waals surface area contributed by atoms with Gasteiger partial charge in [-0.3, -0.25) is 9.78 Å². The molecule has 0 atom stereocenters. The summed E-state index contributed by atoms with van der Waals surface area (Å²) in [6, 6.07) is 19.5. The molecule has 6 heteroatoms.